The predicted molar refractivity (Wildman–Crippen MR) is 178 cm³/mol. The minimum Gasteiger partial charge on any atom is -0.507 e. The number of ether oxygens (including phenoxy) is 1. The van der Waals surface area contributed by atoms with Gasteiger partial charge in [-0.25, -0.2) is 4.79 Å². The third-order valence-corrected chi connectivity index (χ3v) is 9.91. The van der Waals surface area contributed by atoms with E-state index in [0.717, 1.165) is 33.4 Å². The van der Waals surface area contributed by atoms with Gasteiger partial charge in [0.05, 0.1) is 0 Å². The molecule has 5 rings (SSSR count). The number of hydrogen-bond acceptors (Lipinski definition) is 6. The molecule has 3 aromatic rings. The van der Waals surface area contributed by atoms with E-state index in [2.05, 4.69) is 41.5 Å². The molecule has 1 N–H and O–H groups in total. The van der Waals surface area contributed by atoms with Gasteiger partial charge in [-0.15, -0.1) is 11.8 Å². The van der Waals surface area contributed by atoms with Crippen molar-refractivity contribution in [2.75, 3.05) is 5.75 Å². The summed E-state index contributed by atoms with van der Waals surface area (Å²) >= 11 is 1.60. The molecule has 0 spiro atoms. The van der Waals surface area contributed by atoms with Gasteiger partial charge in [-0.1, -0.05) is 102 Å². The first-order chi connectivity index (χ1) is 20.6. The maximum absolute atomic E-state index is 13.8. The van der Waals surface area contributed by atoms with Crippen LogP contribution in [-0.4, -0.2) is 44.8 Å². The number of hydrogen-bond donors (Lipinski definition) is 1. The molecule has 7 heteroatoms. The molecule has 2 aliphatic rings. The molecular formula is C37H42N2O4S. The van der Waals surface area contributed by atoms with E-state index in [0.29, 0.717) is 17.2 Å². The lowest BCUT2D eigenvalue weighted by atomic mass is 9.78. The summed E-state index contributed by atoms with van der Waals surface area (Å²) in [6.07, 6.45) is 1.13. The molecule has 3 aromatic carbocycles. The Bertz CT molecular complexity index is 1560. The van der Waals surface area contributed by atoms with Gasteiger partial charge in [0.1, 0.15) is 16.8 Å². The van der Waals surface area contributed by atoms with Gasteiger partial charge in [-0.3, -0.25) is 14.7 Å². The average molecular weight is 611 g/mol. The second kappa shape index (κ2) is 11.6. The third-order valence-electron chi connectivity index (χ3n) is 8.32. The molecule has 1 fully saturated rings. The van der Waals surface area contributed by atoms with Crippen LogP contribution in [0.5, 0.6) is 5.75 Å². The topological polar surface area (TPSA) is 79.2 Å². The molecule has 0 aromatic heterocycles. The van der Waals surface area contributed by atoms with Gasteiger partial charge >= 0.3 is 5.97 Å². The number of carbonyl (C=O) groups is 2. The number of fused-ring (bicyclic) bond motifs is 1. The van der Waals surface area contributed by atoms with Gasteiger partial charge < -0.3 is 9.84 Å². The summed E-state index contributed by atoms with van der Waals surface area (Å²) in [4.78, 5) is 34.1. The van der Waals surface area contributed by atoms with Gasteiger partial charge in [0, 0.05) is 23.1 Å². The standard InChI is InChI=1S/C37H42N2O4S/c1-23-22-44-34-37(8,38-21-24-19-27(35(2,3)4)30(40)28(20-24)36(5,6)7)33(42)39(34)29(23)32(41)43-31(25-15-11-9-12-16-25)26-17-13-10-14-18-26/h9-21,31,34,40H,22H2,1-8H3/t34-,37+/m0/s1. The number of nitrogens with zero attached hydrogens (tertiary/aromatic N) is 2. The fourth-order valence-corrected chi connectivity index (χ4v) is 7.18. The maximum Gasteiger partial charge on any atom is 0.356 e. The first-order valence-electron chi connectivity index (χ1n) is 15.0. The van der Waals surface area contributed by atoms with Crippen molar-refractivity contribution in [2.45, 2.75) is 83.2 Å². The van der Waals surface area contributed by atoms with Gasteiger partial charge in [-0.05, 0) is 59.1 Å². The highest BCUT2D eigenvalue weighted by Gasteiger charge is 2.62. The molecule has 1 amide bonds. The van der Waals surface area contributed by atoms with Crippen LogP contribution in [0.2, 0.25) is 0 Å². The molecule has 2 aliphatic heterocycles. The number of amides is 1. The maximum atomic E-state index is 13.8. The van der Waals surface area contributed by atoms with Crippen molar-refractivity contribution in [3.05, 3.63) is 112 Å². The van der Waals surface area contributed by atoms with E-state index in [9.17, 15) is 14.7 Å². The number of phenolic OH excluding ortho intramolecular Hbond substituents is 1. The normalized spacial score (nSPS) is 20.6. The van der Waals surface area contributed by atoms with Crippen molar-refractivity contribution in [3.63, 3.8) is 0 Å². The van der Waals surface area contributed by atoms with Crippen LogP contribution in [0.15, 0.2) is 89.1 Å². The Morgan fingerprint density at radius 3 is 1.95 bits per heavy atom. The van der Waals surface area contributed by atoms with Crippen molar-refractivity contribution >= 4 is 29.9 Å². The zero-order valence-electron chi connectivity index (χ0n) is 26.8. The lowest BCUT2D eigenvalue weighted by Gasteiger charge is -2.54. The van der Waals surface area contributed by atoms with E-state index in [1.807, 2.05) is 86.6 Å². The molecule has 0 bridgehead atoms. The highest BCUT2D eigenvalue weighted by atomic mass is 32.2. The number of esters is 1. The van der Waals surface area contributed by atoms with Crippen LogP contribution in [0.1, 0.15) is 89.3 Å². The summed E-state index contributed by atoms with van der Waals surface area (Å²) in [7, 11) is 0. The largest absolute Gasteiger partial charge is 0.507 e. The summed E-state index contributed by atoms with van der Waals surface area (Å²) in [5.74, 6) is 0.134. The van der Waals surface area contributed by atoms with Crippen molar-refractivity contribution in [3.8, 4) is 5.75 Å². The third kappa shape index (κ3) is 5.82. The van der Waals surface area contributed by atoms with Crippen LogP contribution in [-0.2, 0) is 25.2 Å². The number of carbonyl (C=O) groups excluding carboxylic acids is 2. The Balaban J connectivity index is 1.43. The van der Waals surface area contributed by atoms with Crippen molar-refractivity contribution in [1.29, 1.82) is 0 Å². The van der Waals surface area contributed by atoms with Crippen LogP contribution in [0.25, 0.3) is 0 Å². The summed E-state index contributed by atoms with van der Waals surface area (Å²) < 4.78 is 6.17. The fourth-order valence-electron chi connectivity index (χ4n) is 5.80. The second-order valence-corrected chi connectivity index (χ2v) is 15.0. The Morgan fingerprint density at radius 2 is 1.48 bits per heavy atom. The number of benzene rings is 3. The van der Waals surface area contributed by atoms with Crippen molar-refractivity contribution in [1.82, 2.24) is 4.90 Å². The first kappa shape index (κ1) is 31.6. The summed E-state index contributed by atoms with van der Waals surface area (Å²) in [6, 6.07) is 23.2. The number of phenols is 1. The van der Waals surface area contributed by atoms with Gasteiger partial charge in [0.25, 0.3) is 5.91 Å². The van der Waals surface area contributed by atoms with Crippen LogP contribution >= 0.6 is 11.8 Å². The fraction of sp³-hybridized carbons (Fsp3) is 0.378. The van der Waals surface area contributed by atoms with E-state index in [1.54, 1.807) is 22.9 Å². The minimum atomic E-state index is -1.04. The minimum absolute atomic E-state index is 0.237. The zero-order chi connectivity index (χ0) is 32.0. The van der Waals surface area contributed by atoms with Crippen molar-refractivity contribution < 1.29 is 19.4 Å². The molecule has 6 nitrogen and oxygen atoms in total. The SMILES string of the molecule is CC1=C(C(=O)OC(c2ccccc2)c2ccccc2)N2C(=O)[C@@](C)(N=Cc3cc(C(C)(C)C)c(O)c(C(C)(C)C)c3)[C@@H]2SC1. The molecule has 0 radical (unpaired) electrons. The number of aromatic hydroxyl groups is 1. The number of β-lactam (4-membered cyclic amide) rings is 1. The zero-order valence-corrected chi connectivity index (χ0v) is 27.7. The first-order valence-corrected chi connectivity index (χ1v) is 16.1. The van der Waals surface area contributed by atoms with E-state index in [1.165, 1.54) is 0 Å². The number of rotatable bonds is 6. The smallest absolute Gasteiger partial charge is 0.356 e. The Kier molecular flexibility index (Phi) is 8.31. The molecule has 230 valence electrons. The molecule has 2 heterocycles. The highest BCUT2D eigenvalue weighted by Crippen LogP contribution is 2.48. The summed E-state index contributed by atoms with van der Waals surface area (Å²) in [5.41, 5.74) is 3.70. The molecule has 0 saturated carbocycles. The van der Waals surface area contributed by atoms with E-state index < -0.39 is 17.6 Å². The Labute approximate surface area is 265 Å². The predicted octanol–water partition coefficient (Wildman–Crippen LogP) is 7.69. The molecule has 0 unspecified atom stereocenters. The summed E-state index contributed by atoms with van der Waals surface area (Å²) in [5, 5.41) is 10.8. The number of thioether (sulfide) groups is 1. The van der Waals surface area contributed by atoms with Crippen LogP contribution < -0.4 is 0 Å². The number of aliphatic imine (C=N–C) groups is 1. The Hall–Kier alpha value is -3.84. The van der Waals surface area contributed by atoms with Crippen LogP contribution in [0.4, 0.5) is 0 Å². The lowest BCUT2D eigenvalue weighted by Crippen LogP contribution is -2.71. The monoisotopic (exact) mass is 610 g/mol. The molecule has 0 aliphatic carbocycles. The second-order valence-electron chi connectivity index (χ2n) is 13.9. The quantitative estimate of drug-likeness (QED) is 0.176. The highest BCUT2D eigenvalue weighted by molar-refractivity contribution is 8.00. The van der Waals surface area contributed by atoms with Crippen LogP contribution in [0, 0.1) is 0 Å². The summed E-state index contributed by atoms with van der Waals surface area (Å²) in [6.45, 7) is 16.1. The van der Waals surface area contributed by atoms with Gasteiger partial charge in [0.2, 0.25) is 0 Å². The van der Waals surface area contributed by atoms with Gasteiger partial charge in [-0.2, -0.15) is 0 Å². The molecular weight excluding hydrogens is 568 g/mol. The van der Waals surface area contributed by atoms with E-state index in [4.69, 9.17) is 9.73 Å². The van der Waals surface area contributed by atoms with E-state index in [-0.39, 0.29) is 22.1 Å². The lowest BCUT2D eigenvalue weighted by molar-refractivity contribution is -0.157. The molecule has 2 atom stereocenters. The molecule has 1 saturated heterocycles. The van der Waals surface area contributed by atoms with Crippen molar-refractivity contribution in [2.24, 2.45) is 4.99 Å². The van der Waals surface area contributed by atoms with Crippen LogP contribution in [0.3, 0.4) is 0 Å². The van der Waals surface area contributed by atoms with E-state index >= 15 is 0 Å². The Morgan fingerprint density at radius 1 is 0.977 bits per heavy atom. The van der Waals surface area contributed by atoms with Gasteiger partial charge in [0.15, 0.2) is 11.6 Å². The molecule has 44 heavy (non-hydrogen) atoms. The average Bonchev–Trinajstić information content (AvgIpc) is 2.98.